The Morgan fingerprint density at radius 2 is 1.95 bits per heavy atom. The molecule has 2 atom stereocenters. The lowest BCUT2D eigenvalue weighted by molar-refractivity contribution is 0.102. The van der Waals surface area contributed by atoms with Crippen LogP contribution >= 0.6 is 11.6 Å². The zero-order valence-electron chi connectivity index (χ0n) is 11.2. The van der Waals surface area contributed by atoms with E-state index in [0.717, 1.165) is 24.3 Å². The molecule has 0 radical (unpaired) electrons. The minimum absolute atomic E-state index is 0.0879. The maximum atomic E-state index is 9.69. The zero-order chi connectivity index (χ0) is 13.2. The summed E-state index contributed by atoms with van der Waals surface area (Å²) < 4.78 is 0. The summed E-state index contributed by atoms with van der Waals surface area (Å²) in [6, 6.07) is 9.39. The molecule has 0 saturated heterocycles. The van der Waals surface area contributed by atoms with E-state index in [4.69, 9.17) is 11.6 Å². The van der Waals surface area contributed by atoms with Crippen molar-refractivity contribution in [1.29, 1.82) is 0 Å². The van der Waals surface area contributed by atoms with Crippen molar-refractivity contribution >= 4 is 11.6 Å². The van der Waals surface area contributed by atoms with E-state index >= 15 is 0 Å². The second-order valence-electron chi connectivity index (χ2n) is 6.10. The fraction of sp³-hybridized carbons (Fsp3) is 0.625. The van der Waals surface area contributed by atoms with Gasteiger partial charge in [-0.2, -0.15) is 0 Å². The van der Waals surface area contributed by atoms with Crippen LogP contribution in [-0.2, 0) is 0 Å². The first-order valence-corrected chi connectivity index (χ1v) is 7.78. The van der Waals surface area contributed by atoms with Crippen molar-refractivity contribution in [1.82, 2.24) is 5.32 Å². The lowest BCUT2D eigenvalue weighted by Gasteiger charge is -2.40. The van der Waals surface area contributed by atoms with Crippen LogP contribution in [0.2, 0.25) is 5.02 Å². The molecule has 0 aromatic heterocycles. The molecule has 0 heterocycles. The summed E-state index contributed by atoms with van der Waals surface area (Å²) in [5, 5.41) is 14.2. The quantitative estimate of drug-likeness (QED) is 0.888. The Kier molecular flexibility index (Phi) is 4.11. The molecule has 0 aliphatic heterocycles. The lowest BCUT2D eigenvalue weighted by atomic mass is 9.75. The molecule has 1 aromatic rings. The molecule has 2 aliphatic carbocycles. The summed E-state index contributed by atoms with van der Waals surface area (Å²) in [5.41, 5.74) is 1.37. The first kappa shape index (κ1) is 13.4. The molecule has 2 saturated carbocycles. The molecule has 104 valence electrons. The van der Waals surface area contributed by atoms with Crippen LogP contribution in [0.5, 0.6) is 0 Å². The third-order valence-electron chi connectivity index (χ3n) is 4.58. The predicted molar refractivity (Wildman–Crippen MR) is 78.6 cm³/mol. The summed E-state index contributed by atoms with van der Waals surface area (Å²) >= 11 is 6.03. The van der Waals surface area contributed by atoms with Gasteiger partial charge in [0.1, 0.15) is 0 Å². The minimum atomic E-state index is -0.0879. The Bertz CT molecular complexity index is 431. The summed E-state index contributed by atoms with van der Waals surface area (Å²) in [6.45, 7) is 0. The number of aliphatic hydroxyl groups is 1. The van der Waals surface area contributed by atoms with Crippen molar-refractivity contribution in [2.45, 2.75) is 62.6 Å². The topological polar surface area (TPSA) is 32.3 Å². The van der Waals surface area contributed by atoms with Crippen LogP contribution in [0.3, 0.4) is 0 Å². The largest absolute Gasteiger partial charge is 0.393 e. The maximum Gasteiger partial charge on any atom is 0.0555 e. The number of hydrogen-bond donors (Lipinski definition) is 2. The third kappa shape index (κ3) is 3.31. The summed E-state index contributed by atoms with van der Waals surface area (Å²) in [6.07, 6.45) is 6.60. The molecule has 2 fully saturated rings. The summed E-state index contributed by atoms with van der Waals surface area (Å²) in [7, 11) is 0. The standard InChI is InChI=1S/C16H22ClNO/c17-13-4-1-3-11(7-13)12-8-15(9-12)18-14-5-2-6-16(19)10-14/h1,3-4,7,12,14-16,18-19H,2,5-6,8-10H2. The highest BCUT2D eigenvalue weighted by Gasteiger charge is 2.32. The van der Waals surface area contributed by atoms with E-state index < -0.39 is 0 Å². The fourth-order valence-electron chi connectivity index (χ4n) is 3.44. The summed E-state index contributed by atoms with van der Waals surface area (Å²) in [5.74, 6) is 0.657. The SMILES string of the molecule is OC1CCCC(NC2CC(c3cccc(Cl)c3)C2)C1. The molecule has 3 heteroatoms. The molecule has 2 N–H and O–H groups in total. The molecule has 2 aliphatic rings. The van der Waals surface area contributed by atoms with E-state index in [9.17, 15) is 5.11 Å². The van der Waals surface area contributed by atoms with Crippen molar-refractivity contribution in [2.24, 2.45) is 0 Å². The fourth-order valence-corrected chi connectivity index (χ4v) is 3.63. The van der Waals surface area contributed by atoms with Crippen molar-refractivity contribution in [3.8, 4) is 0 Å². The Labute approximate surface area is 120 Å². The number of nitrogens with one attached hydrogen (secondary N) is 1. The van der Waals surface area contributed by atoms with Crippen LogP contribution in [0.1, 0.15) is 50.0 Å². The molecule has 3 rings (SSSR count). The van der Waals surface area contributed by atoms with E-state index in [1.54, 1.807) is 0 Å². The molecular weight excluding hydrogens is 258 g/mol. The minimum Gasteiger partial charge on any atom is -0.393 e. The van der Waals surface area contributed by atoms with Crippen LogP contribution in [0, 0.1) is 0 Å². The number of rotatable bonds is 3. The van der Waals surface area contributed by atoms with Gasteiger partial charge >= 0.3 is 0 Å². The van der Waals surface area contributed by atoms with Crippen LogP contribution in [0.15, 0.2) is 24.3 Å². The Morgan fingerprint density at radius 3 is 2.68 bits per heavy atom. The number of aliphatic hydroxyl groups excluding tert-OH is 1. The Balaban J connectivity index is 1.47. The van der Waals surface area contributed by atoms with Crippen LogP contribution in [-0.4, -0.2) is 23.3 Å². The smallest absolute Gasteiger partial charge is 0.0555 e. The summed E-state index contributed by atoms with van der Waals surface area (Å²) in [4.78, 5) is 0. The van der Waals surface area contributed by atoms with Gasteiger partial charge in [-0.15, -0.1) is 0 Å². The van der Waals surface area contributed by atoms with Crippen LogP contribution in [0.25, 0.3) is 0 Å². The zero-order valence-corrected chi connectivity index (χ0v) is 11.9. The maximum absolute atomic E-state index is 9.69. The molecule has 2 nitrogen and oxygen atoms in total. The van der Waals surface area contributed by atoms with Gasteiger partial charge in [0.25, 0.3) is 0 Å². The van der Waals surface area contributed by atoms with Gasteiger partial charge in [-0.25, -0.2) is 0 Å². The van der Waals surface area contributed by atoms with Crippen LogP contribution < -0.4 is 5.32 Å². The average Bonchev–Trinajstić information content (AvgIpc) is 2.33. The Morgan fingerprint density at radius 1 is 1.11 bits per heavy atom. The first-order chi connectivity index (χ1) is 9.20. The average molecular weight is 280 g/mol. The molecule has 0 bridgehead atoms. The van der Waals surface area contributed by atoms with Crippen LogP contribution in [0.4, 0.5) is 0 Å². The van der Waals surface area contributed by atoms with Crippen molar-refractivity contribution < 1.29 is 5.11 Å². The highest BCUT2D eigenvalue weighted by atomic mass is 35.5. The van der Waals surface area contributed by atoms with Crippen molar-refractivity contribution in [2.75, 3.05) is 0 Å². The number of benzene rings is 1. The van der Waals surface area contributed by atoms with Gasteiger partial charge in [0.15, 0.2) is 0 Å². The molecule has 0 amide bonds. The monoisotopic (exact) mass is 279 g/mol. The molecular formula is C16H22ClNO. The Hall–Kier alpha value is -0.570. The highest BCUT2D eigenvalue weighted by Crippen LogP contribution is 2.38. The lowest BCUT2D eigenvalue weighted by Crippen LogP contribution is -2.47. The van der Waals surface area contributed by atoms with Gasteiger partial charge < -0.3 is 10.4 Å². The second-order valence-corrected chi connectivity index (χ2v) is 6.54. The van der Waals surface area contributed by atoms with Gasteiger partial charge in [-0.05, 0) is 62.1 Å². The van der Waals surface area contributed by atoms with E-state index in [2.05, 4.69) is 17.4 Å². The first-order valence-electron chi connectivity index (χ1n) is 7.40. The molecule has 1 aromatic carbocycles. The van der Waals surface area contributed by atoms with Gasteiger partial charge in [0.05, 0.1) is 6.10 Å². The normalized spacial score (nSPS) is 34.8. The molecule has 0 spiro atoms. The van der Waals surface area contributed by atoms with E-state index in [1.165, 1.54) is 24.8 Å². The van der Waals surface area contributed by atoms with Gasteiger partial charge in [0.2, 0.25) is 0 Å². The number of hydrogen-bond acceptors (Lipinski definition) is 2. The van der Waals surface area contributed by atoms with Gasteiger partial charge in [0, 0.05) is 17.1 Å². The van der Waals surface area contributed by atoms with E-state index in [-0.39, 0.29) is 6.10 Å². The second kappa shape index (κ2) is 5.82. The molecule has 2 unspecified atom stereocenters. The molecule has 19 heavy (non-hydrogen) atoms. The van der Waals surface area contributed by atoms with Gasteiger partial charge in [-0.1, -0.05) is 23.7 Å². The van der Waals surface area contributed by atoms with E-state index in [0.29, 0.717) is 18.0 Å². The van der Waals surface area contributed by atoms with Crippen molar-refractivity contribution in [3.63, 3.8) is 0 Å². The van der Waals surface area contributed by atoms with Crippen molar-refractivity contribution in [3.05, 3.63) is 34.9 Å². The number of halogens is 1. The van der Waals surface area contributed by atoms with Gasteiger partial charge in [-0.3, -0.25) is 0 Å². The highest BCUT2D eigenvalue weighted by molar-refractivity contribution is 6.30. The van der Waals surface area contributed by atoms with E-state index in [1.807, 2.05) is 12.1 Å². The predicted octanol–water partition coefficient (Wildman–Crippen LogP) is 3.48. The third-order valence-corrected chi connectivity index (χ3v) is 4.81.